The van der Waals surface area contributed by atoms with Crippen LogP contribution in [0, 0.1) is 5.92 Å². The highest BCUT2D eigenvalue weighted by molar-refractivity contribution is 7.99. The summed E-state index contributed by atoms with van der Waals surface area (Å²) < 4.78 is 0. The van der Waals surface area contributed by atoms with E-state index in [4.69, 9.17) is 10.8 Å². The summed E-state index contributed by atoms with van der Waals surface area (Å²) in [5.41, 5.74) is 4.33. The molecule has 0 aliphatic carbocycles. The normalized spacial score (nSPS) is 22.3. The zero-order chi connectivity index (χ0) is 13.2. The van der Waals surface area contributed by atoms with Gasteiger partial charge in [-0.2, -0.15) is 11.8 Å². The number of nitrogens with zero attached hydrogens (tertiary/aromatic N) is 1. The largest absolute Gasteiger partial charge is 0.271 e. The average Bonchev–Trinajstić information content (AvgIpc) is 2.95. The quantitative estimate of drug-likeness (QED) is 0.659. The number of thioether (sulfide) groups is 1. The maximum absolute atomic E-state index is 5.71. The van der Waals surface area contributed by atoms with Gasteiger partial charge in [0.25, 0.3) is 0 Å². The first-order valence-electron chi connectivity index (χ1n) is 6.49. The maximum atomic E-state index is 5.71. The second-order valence-corrected chi connectivity index (χ2v) is 8.07. The Kier molecular flexibility index (Phi) is 4.69. The van der Waals surface area contributed by atoms with E-state index in [2.05, 4.69) is 31.6 Å². The van der Waals surface area contributed by atoms with Crippen molar-refractivity contribution in [2.24, 2.45) is 11.8 Å². The molecule has 2 heterocycles. The van der Waals surface area contributed by atoms with Crippen molar-refractivity contribution in [3.63, 3.8) is 0 Å². The van der Waals surface area contributed by atoms with Gasteiger partial charge in [0, 0.05) is 23.3 Å². The molecule has 2 unspecified atom stereocenters. The molecule has 1 aliphatic rings. The zero-order valence-electron chi connectivity index (χ0n) is 11.4. The third-order valence-electron chi connectivity index (χ3n) is 3.46. The van der Waals surface area contributed by atoms with E-state index in [1.165, 1.54) is 28.6 Å². The summed E-state index contributed by atoms with van der Waals surface area (Å²) in [6, 6.07) is 0.374. The van der Waals surface area contributed by atoms with Crippen LogP contribution in [0.1, 0.15) is 37.9 Å². The third kappa shape index (κ3) is 3.47. The standard InChI is InChI=1S/C13H23N3S2/c1-13(2,3)11-8-18-12(15-11)6-10(16-14)9-4-5-17-7-9/h8-10,16H,4-7,14H2,1-3H3. The SMILES string of the molecule is CC(C)(C)c1csc(CC(NN)C2CCSC2)n1. The molecule has 0 radical (unpaired) electrons. The Morgan fingerprint density at radius 1 is 1.56 bits per heavy atom. The molecule has 0 amide bonds. The minimum atomic E-state index is 0.142. The summed E-state index contributed by atoms with van der Waals surface area (Å²) in [5, 5.41) is 3.39. The van der Waals surface area contributed by atoms with E-state index in [9.17, 15) is 0 Å². The van der Waals surface area contributed by atoms with Crippen LogP contribution in [0.2, 0.25) is 0 Å². The summed E-state index contributed by atoms with van der Waals surface area (Å²) in [5.74, 6) is 8.91. The number of hydrogen-bond acceptors (Lipinski definition) is 5. The fourth-order valence-corrected chi connectivity index (χ4v) is 4.59. The van der Waals surface area contributed by atoms with Crippen LogP contribution in [0.4, 0.5) is 0 Å². The summed E-state index contributed by atoms with van der Waals surface area (Å²) >= 11 is 3.80. The van der Waals surface area contributed by atoms with Crippen molar-refractivity contribution >= 4 is 23.1 Å². The molecule has 1 aliphatic heterocycles. The number of nitrogens with two attached hydrogens (primary N) is 1. The fraction of sp³-hybridized carbons (Fsp3) is 0.769. The summed E-state index contributed by atoms with van der Waals surface area (Å²) in [6.45, 7) is 6.62. The Morgan fingerprint density at radius 3 is 2.83 bits per heavy atom. The lowest BCUT2D eigenvalue weighted by atomic mass is 9.93. The van der Waals surface area contributed by atoms with E-state index >= 15 is 0 Å². The molecule has 18 heavy (non-hydrogen) atoms. The van der Waals surface area contributed by atoms with Crippen molar-refractivity contribution in [2.45, 2.75) is 45.1 Å². The molecule has 2 atom stereocenters. The van der Waals surface area contributed by atoms with Gasteiger partial charge in [-0.15, -0.1) is 11.3 Å². The number of nitrogens with one attached hydrogen (secondary N) is 1. The minimum Gasteiger partial charge on any atom is -0.271 e. The number of rotatable bonds is 4. The molecule has 3 N–H and O–H groups in total. The number of thiazole rings is 1. The van der Waals surface area contributed by atoms with Gasteiger partial charge in [-0.05, 0) is 23.8 Å². The number of hydrogen-bond donors (Lipinski definition) is 2. The fourth-order valence-electron chi connectivity index (χ4n) is 2.17. The number of hydrazine groups is 1. The van der Waals surface area contributed by atoms with Crippen LogP contribution in [0.25, 0.3) is 0 Å². The second-order valence-electron chi connectivity index (χ2n) is 5.98. The molecule has 1 aromatic rings. The Bertz CT molecular complexity index is 378. The highest BCUT2D eigenvalue weighted by Crippen LogP contribution is 2.29. The minimum absolute atomic E-state index is 0.142. The Morgan fingerprint density at radius 2 is 2.33 bits per heavy atom. The van der Waals surface area contributed by atoms with E-state index in [1.807, 2.05) is 11.8 Å². The van der Waals surface area contributed by atoms with E-state index in [1.54, 1.807) is 11.3 Å². The van der Waals surface area contributed by atoms with Gasteiger partial charge in [0.1, 0.15) is 0 Å². The van der Waals surface area contributed by atoms with E-state index in [0.717, 1.165) is 6.42 Å². The van der Waals surface area contributed by atoms with Crippen molar-refractivity contribution in [2.75, 3.05) is 11.5 Å². The molecule has 0 saturated carbocycles. The maximum Gasteiger partial charge on any atom is 0.0944 e. The first-order valence-corrected chi connectivity index (χ1v) is 8.53. The van der Waals surface area contributed by atoms with E-state index < -0.39 is 0 Å². The average molecular weight is 285 g/mol. The molecule has 5 heteroatoms. The van der Waals surface area contributed by atoms with Gasteiger partial charge >= 0.3 is 0 Å². The molecule has 0 bridgehead atoms. The van der Waals surface area contributed by atoms with Gasteiger partial charge in [-0.25, -0.2) is 4.98 Å². The smallest absolute Gasteiger partial charge is 0.0944 e. The summed E-state index contributed by atoms with van der Waals surface area (Å²) in [7, 11) is 0. The highest BCUT2D eigenvalue weighted by atomic mass is 32.2. The van der Waals surface area contributed by atoms with E-state index in [-0.39, 0.29) is 5.41 Å². The topological polar surface area (TPSA) is 50.9 Å². The summed E-state index contributed by atoms with van der Waals surface area (Å²) in [4.78, 5) is 4.76. The molecule has 3 nitrogen and oxygen atoms in total. The lowest BCUT2D eigenvalue weighted by Crippen LogP contribution is -2.42. The number of aromatic nitrogens is 1. The molecule has 0 spiro atoms. The van der Waals surface area contributed by atoms with Crippen molar-refractivity contribution < 1.29 is 0 Å². The monoisotopic (exact) mass is 285 g/mol. The van der Waals surface area contributed by atoms with Crippen LogP contribution in [0.15, 0.2) is 5.38 Å². The molecule has 1 fully saturated rings. The van der Waals surface area contributed by atoms with Gasteiger partial charge < -0.3 is 0 Å². The van der Waals surface area contributed by atoms with E-state index in [0.29, 0.717) is 12.0 Å². The summed E-state index contributed by atoms with van der Waals surface area (Å²) in [6.07, 6.45) is 2.24. The Balaban J connectivity index is 2.01. The van der Waals surface area contributed by atoms with Gasteiger partial charge in [0.05, 0.1) is 10.7 Å². The van der Waals surface area contributed by atoms with Gasteiger partial charge in [0.15, 0.2) is 0 Å². The predicted octanol–water partition coefficient (Wildman–Crippen LogP) is 2.57. The Hall–Kier alpha value is -0.100. The molecule has 0 aromatic carbocycles. The van der Waals surface area contributed by atoms with Crippen LogP contribution < -0.4 is 11.3 Å². The molecule has 1 saturated heterocycles. The van der Waals surface area contributed by atoms with Crippen LogP contribution in [-0.2, 0) is 11.8 Å². The van der Waals surface area contributed by atoms with Crippen LogP contribution in [-0.4, -0.2) is 22.5 Å². The van der Waals surface area contributed by atoms with Crippen LogP contribution >= 0.6 is 23.1 Å². The molecular formula is C13H23N3S2. The first kappa shape index (κ1) is 14.3. The van der Waals surface area contributed by atoms with Crippen molar-refractivity contribution in [1.29, 1.82) is 0 Å². The lowest BCUT2D eigenvalue weighted by Gasteiger charge is -2.21. The first-order chi connectivity index (χ1) is 8.50. The Labute approximate surface area is 118 Å². The zero-order valence-corrected chi connectivity index (χ0v) is 13.0. The second kappa shape index (κ2) is 5.90. The van der Waals surface area contributed by atoms with Crippen LogP contribution in [0.5, 0.6) is 0 Å². The molecule has 1 aromatic heterocycles. The third-order valence-corrected chi connectivity index (χ3v) is 5.52. The molecule has 102 valence electrons. The van der Waals surface area contributed by atoms with Gasteiger partial charge in [0.2, 0.25) is 0 Å². The predicted molar refractivity (Wildman–Crippen MR) is 81.1 cm³/mol. The lowest BCUT2D eigenvalue weighted by molar-refractivity contribution is 0.385. The van der Waals surface area contributed by atoms with Gasteiger partial charge in [-0.1, -0.05) is 20.8 Å². The molecular weight excluding hydrogens is 262 g/mol. The molecule has 2 rings (SSSR count). The van der Waals surface area contributed by atoms with Gasteiger partial charge in [-0.3, -0.25) is 11.3 Å². The van der Waals surface area contributed by atoms with Crippen LogP contribution in [0.3, 0.4) is 0 Å². The van der Waals surface area contributed by atoms with Crippen molar-refractivity contribution in [1.82, 2.24) is 10.4 Å². The van der Waals surface area contributed by atoms with Crippen molar-refractivity contribution in [3.05, 3.63) is 16.1 Å². The highest BCUT2D eigenvalue weighted by Gasteiger charge is 2.26. The van der Waals surface area contributed by atoms with Crippen molar-refractivity contribution in [3.8, 4) is 0 Å².